The van der Waals surface area contributed by atoms with Gasteiger partial charge in [-0.2, -0.15) is 0 Å². The number of fused-ring (bicyclic) bond motifs is 1. The van der Waals surface area contributed by atoms with Crippen LogP contribution in [0.1, 0.15) is 49.5 Å². The molecule has 2 heterocycles. The zero-order valence-corrected chi connectivity index (χ0v) is 15.9. The van der Waals surface area contributed by atoms with Crippen LogP contribution in [0.25, 0.3) is 0 Å². The highest BCUT2D eigenvalue weighted by Crippen LogP contribution is 2.49. The Bertz CT molecular complexity index is 793. The number of likely N-dealkylation sites (tertiary alicyclic amines) is 1. The molecule has 1 saturated carbocycles. The van der Waals surface area contributed by atoms with Gasteiger partial charge >= 0.3 is 0 Å². The van der Waals surface area contributed by atoms with E-state index in [1.165, 1.54) is 12.1 Å². The number of benzene rings is 1. The molecule has 0 unspecified atom stereocenters. The maximum absolute atomic E-state index is 13.5. The maximum atomic E-state index is 13.5. The first-order chi connectivity index (χ1) is 13.5. The second-order valence-corrected chi connectivity index (χ2v) is 8.03. The van der Waals surface area contributed by atoms with E-state index in [1.807, 2.05) is 6.07 Å². The molecule has 2 aliphatic rings. The van der Waals surface area contributed by atoms with Crippen molar-refractivity contribution in [1.29, 1.82) is 0 Å². The summed E-state index contributed by atoms with van der Waals surface area (Å²) in [4.78, 5) is 14.7. The predicted octanol–water partition coefficient (Wildman–Crippen LogP) is 3.40. The fraction of sp³-hybridized carbons (Fsp3) is 0.500. The third kappa shape index (κ3) is 3.98. The Hall–Kier alpha value is -2.18. The van der Waals surface area contributed by atoms with Crippen LogP contribution in [0, 0.1) is 11.7 Å². The van der Waals surface area contributed by atoms with E-state index in [2.05, 4.69) is 10.2 Å². The van der Waals surface area contributed by atoms with Gasteiger partial charge in [0.2, 0.25) is 5.91 Å². The number of nitrogens with zero attached hydrogens (tertiary/aromatic N) is 1. The lowest BCUT2D eigenvalue weighted by Gasteiger charge is -2.52. The van der Waals surface area contributed by atoms with Crippen molar-refractivity contribution in [2.75, 3.05) is 13.1 Å². The molecule has 6 heteroatoms. The summed E-state index contributed by atoms with van der Waals surface area (Å²) in [5.74, 6) is 0.410. The van der Waals surface area contributed by atoms with E-state index in [0.29, 0.717) is 25.3 Å². The fourth-order valence-electron chi connectivity index (χ4n) is 4.86. The molecule has 2 aromatic rings. The van der Waals surface area contributed by atoms with Crippen molar-refractivity contribution in [3.63, 3.8) is 0 Å². The highest BCUT2D eigenvalue weighted by molar-refractivity contribution is 5.78. The van der Waals surface area contributed by atoms with Crippen molar-refractivity contribution in [3.05, 3.63) is 59.8 Å². The number of hydrogen-bond acceptors (Lipinski definition) is 4. The van der Waals surface area contributed by atoms with Crippen LogP contribution in [0.3, 0.4) is 0 Å². The average Bonchev–Trinajstić information content (AvgIpc) is 3.21. The number of rotatable bonds is 5. The molecule has 5 nitrogen and oxygen atoms in total. The SMILES string of the molecule is O=C(CN1CC[C@@]2(O)CCCC[C@H]2[C@@H]1c1ccc(F)cc1)NCc1ccco1. The summed E-state index contributed by atoms with van der Waals surface area (Å²) >= 11 is 0. The van der Waals surface area contributed by atoms with E-state index in [1.54, 1.807) is 24.5 Å². The first-order valence-corrected chi connectivity index (χ1v) is 10.1. The van der Waals surface area contributed by atoms with Crippen LogP contribution < -0.4 is 5.32 Å². The summed E-state index contributed by atoms with van der Waals surface area (Å²) in [6.45, 7) is 1.24. The number of aliphatic hydroxyl groups is 1. The number of piperidine rings is 1. The van der Waals surface area contributed by atoms with E-state index in [9.17, 15) is 14.3 Å². The van der Waals surface area contributed by atoms with E-state index in [-0.39, 0.29) is 30.2 Å². The number of furan rings is 1. The zero-order chi connectivity index (χ0) is 19.6. The molecular formula is C22H27FN2O3. The molecule has 1 aliphatic carbocycles. The van der Waals surface area contributed by atoms with Crippen LogP contribution in [0.5, 0.6) is 0 Å². The Morgan fingerprint density at radius 3 is 2.82 bits per heavy atom. The number of carbonyl (C=O) groups excluding carboxylic acids is 1. The molecule has 150 valence electrons. The molecule has 0 spiro atoms. The lowest BCUT2D eigenvalue weighted by molar-refractivity contribution is -0.138. The van der Waals surface area contributed by atoms with Gasteiger partial charge in [-0.15, -0.1) is 0 Å². The number of carbonyl (C=O) groups is 1. The molecule has 0 radical (unpaired) electrons. The normalized spacial score (nSPS) is 27.9. The van der Waals surface area contributed by atoms with E-state index in [0.717, 1.165) is 31.2 Å². The Morgan fingerprint density at radius 1 is 1.25 bits per heavy atom. The Balaban J connectivity index is 1.52. The molecular weight excluding hydrogens is 359 g/mol. The van der Waals surface area contributed by atoms with Crippen LogP contribution in [0.4, 0.5) is 4.39 Å². The van der Waals surface area contributed by atoms with Crippen molar-refractivity contribution in [2.45, 2.75) is 50.3 Å². The van der Waals surface area contributed by atoms with Gasteiger partial charge < -0.3 is 14.8 Å². The first-order valence-electron chi connectivity index (χ1n) is 10.1. The molecule has 4 rings (SSSR count). The monoisotopic (exact) mass is 386 g/mol. The quantitative estimate of drug-likeness (QED) is 0.827. The summed E-state index contributed by atoms with van der Waals surface area (Å²) in [7, 11) is 0. The maximum Gasteiger partial charge on any atom is 0.234 e. The van der Waals surface area contributed by atoms with E-state index < -0.39 is 5.60 Å². The Labute approximate surface area is 164 Å². The predicted molar refractivity (Wildman–Crippen MR) is 103 cm³/mol. The van der Waals surface area contributed by atoms with Gasteiger partial charge in [0.1, 0.15) is 11.6 Å². The molecule has 1 aliphatic heterocycles. The van der Waals surface area contributed by atoms with Crippen molar-refractivity contribution in [2.24, 2.45) is 5.92 Å². The molecule has 2 N–H and O–H groups in total. The minimum Gasteiger partial charge on any atom is -0.467 e. The van der Waals surface area contributed by atoms with Crippen molar-refractivity contribution < 1.29 is 18.7 Å². The van der Waals surface area contributed by atoms with Crippen LogP contribution in [0.15, 0.2) is 47.1 Å². The average molecular weight is 386 g/mol. The van der Waals surface area contributed by atoms with Crippen LogP contribution in [-0.4, -0.2) is 34.6 Å². The van der Waals surface area contributed by atoms with E-state index >= 15 is 0 Å². The summed E-state index contributed by atoms with van der Waals surface area (Å²) in [5, 5.41) is 14.1. The van der Waals surface area contributed by atoms with E-state index in [4.69, 9.17) is 4.42 Å². The van der Waals surface area contributed by atoms with Crippen molar-refractivity contribution in [1.82, 2.24) is 10.2 Å². The van der Waals surface area contributed by atoms with Gasteiger partial charge in [0.15, 0.2) is 0 Å². The van der Waals surface area contributed by atoms with Gasteiger partial charge in [-0.1, -0.05) is 25.0 Å². The molecule has 1 aromatic carbocycles. The van der Waals surface area contributed by atoms with Crippen molar-refractivity contribution in [3.8, 4) is 0 Å². The first kappa shape index (κ1) is 19.2. The number of hydrogen-bond donors (Lipinski definition) is 2. The van der Waals surface area contributed by atoms with Gasteiger partial charge in [0.25, 0.3) is 0 Å². The fourth-order valence-corrected chi connectivity index (χ4v) is 4.86. The summed E-state index contributed by atoms with van der Waals surface area (Å²) in [6.07, 6.45) is 6.08. The third-order valence-electron chi connectivity index (χ3n) is 6.27. The van der Waals surface area contributed by atoms with Crippen molar-refractivity contribution >= 4 is 5.91 Å². The zero-order valence-electron chi connectivity index (χ0n) is 15.9. The third-order valence-corrected chi connectivity index (χ3v) is 6.27. The Morgan fingerprint density at radius 2 is 2.07 bits per heavy atom. The van der Waals surface area contributed by atoms with Crippen LogP contribution in [-0.2, 0) is 11.3 Å². The Kier molecular flexibility index (Phi) is 5.51. The van der Waals surface area contributed by atoms with Crippen LogP contribution >= 0.6 is 0 Å². The van der Waals surface area contributed by atoms with Gasteiger partial charge in [0.05, 0.1) is 25.0 Å². The number of nitrogens with one attached hydrogen (secondary N) is 1. The van der Waals surface area contributed by atoms with Gasteiger partial charge in [-0.3, -0.25) is 9.69 Å². The minimum atomic E-state index is -0.696. The highest BCUT2D eigenvalue weighted by atomic mass is 19.1. The molecule has 1 amide bonds. The minimum absolute atomic E-state index is 0.0540. The smallest absolute Gasteiger partial charge is 0.234 e. The van der Waals surface area contributed by atoms with Gasteiger partial charge in [-0.05, 0) is 49.1 Å². The molecule has 1 aromatic heterocycles. The lowest BCUT2D eigenvalue weighted by atomic mass is 9.66. The molecule has 0 bridgehead atoms. The summed E-state index contributed by atoms with van der Waals surface area (Å²) in [6, 6.07) is 10.0. The number of amides is 1. The topological polar surface area (TPSA) is 65.7 Å². The molecule has 1 saturated heterocycles. The largest absolute Gasteiger partial charge is 0.467 e. The molecule has 3 atom stereocenters. The molecule has 28 heavy (non-hydrogen) atoms. The summed E-state index contributed by atoms with van der Waals surface area (Å²) < 4.78 is 18.7. The highest BCUT2D eigenvalue weighted by Gasteiger charge is 2.49. The standard InChI is InChI=1S/C22H27FN2O3/c23-17-8-6-16(7-9-17)21-19-5-1-2-10-22(19,27)11-12-25(21)15-20(26)24-14-18-4-3-13-28-18/h3-4,6-9,13,19,21,27H,1-2,5,10-12,14-15H2,(H,24,26)/t19-,21-,22-/m0/s1. The molecule has 2 fully saturated rings. The van der Waals surface area contributed by atoms with Crippen LogP contribution in [0.2, 0.25) is 0 Å². The number of halogens is 1. The lowest BCUT2D eigenvalue weighted by Crippen LogP contribution is -2.56. The van der Waals surface area contributed by atoms with Gasteiger partial charge in [-0.25, -0.2) is 4.39 Å². The second-order valence-electron chi connectivity index (χ2n) is 8.03. The summed E-state index contributed by atoms with van der Waals surface area (Å²) in [5.41, 5.74) is 0.267. The second kappa shape index (κ2) is 8.05. The van der Waals surface area contributed by atoms with Gasteiger partial charge in [0, 0.05) is 18.5 Å².